The fourth-order valence-corrected chi connectivity index (χ4v) is 5.52. The molecule has 3 saturated carbocycles. The SMILES string of the molecule is CCNC(Cc1cc(F)cc(F)c1)C1C2C3CCC(C3)C21. The van der Waals surface area contributed by atoms with Crippen molar-refractivity contribution in [2.45, 2.75) is 38.6 Å². The van der Waals surface area contributed by atoms with Crippen LogP contribution >= 0.6 is 0 Å². The highest BCUT2D eigenvalue weighted by molar-refractivity contribution is 5.22. The number of rotatable bonds is 5. The molecule has 2 bridgehead atoms. The third-order valence-electron chi connectivity index (χ3n) is 6.10. The summed E-state index contributed by atoms with van der Waals surface area (Å²) < 4.78 is 26.8. The molecular formula is C18H23F2N. The van der Waals surface area contributed by atoms with Crippen LogP contribution in [0.15, 0.2) is 18.2 Å². The monoisotopic (exact) mass is 291 g/mol. The molecule has 0 heterocycles. The molecule has 21 heavy (non-hydrogen) atoms. The van der Waals surface area contributed by atoms with Crippen LogP contribution in [0.1, 0.15) is 31.7 Å². The van der Waals surface area contributed by atoms with Gasteiger partial charge in [0.25, 0.3) is 0 Å². The summed E-state index contributed by atoms with van der Waals surface area (Å²) in [7, 11) is 0. The Kier molecular flexibility index (Phi) is 3.29. The maximum atomic E-state index is 13.4. The van der Waals surface area contributed by atoms with E-state index < -0.39 is 11.6 Å². The Balaban J connectivity index is 1.50. The molecule has 0 amide bonds. The standard InChI is InChI=1S/C18H23F2N/c1-2-21-15(7-10-5-13(19)9-14(20)6-10)18-16-11-3-4-12(8-11)17(16)18/h5-6,9,11-12,15-18,21H,2-4,7-8H2,1H3. The second kappa shape index (κ2) is 5.05. The third kappa shape index (κ3) is 2.30. The van der Waals surface area contributed by atoms with E-state index in [-0.39, 0.29) is 0 Å². The molecule has 1 nitrogen and oxygen atoms in total. The van der Waals surface area contributed by atoms with Crippen molar-refractivity contribution in [1.29, 1.82) is 0 Å². The quantitative estimate of drug-likeness (QED) is 0.870. The van der Waals surface area contributed by atoms with Crippen LogP contribution in [0, 0.1) is 41.2 Å². The highest BCUT2D eigenvalue weighted by Crippen LogP contribution is 2.70. The molecule has 0 saturated heterocycles. The first-order valence-electron chi connectivity index (χ1n) is 8.35. The Hall–Kier alpha value is -0.960. The van der Waals surface area contributed by atoms with Crippen molar-refractivity contribution in [3.63, 3.8) is 0 Å². The molecule has 0 aromatic heterocycles. The second-order valence-corrected chi connectivity index (χ2v) is 7.21. The largest absolute Gasteiger partial charge is 0.314 e. The van der Waals surface area contributed by atoms with E-state index in [1.165, 1.54) is 31.4 Å². The number of hydrogen-bond acceptors (Lipinski definition) is 1. The Morgan fingerprint density at radius 1 is 1.10 bits per heavy atom. The first-order chi connectivity index (χ1) is 10.2. The molecule has 5 unspecified atom stereocenters. The number of nitrogens with one attached hydrogen (secondary N) is 1. The zero-order valence-electron chi connectivity index (χ0n) is 12.5. The van der Waals surface area contributed by atoms with Gasteiger partial charge in [-0.15, -0.1) is 0 Å². The molecule has 0 spiro atoms. The van der Waals surface area contributed by atoms with Gasteiger partial charge in [-0.1, -0.05) is 6.92 Å². The number of hydrogen-bond donors (Lipinski definition) is 1. The van der Waals surface area contributed by atoms with Gasteiger partial charge in [0, 0.05) is 12.1 Å². The number of halogens is 2. The van der Waals surface area contributed by atoms with E-state index in [1.54, 1.807) is 0 Å². The van der Waals surface area contributed by atoms with Crippen molar-refractivity contribution in [2.75, 3.05) is 6.54 Å². The molecule has 114 valence electrons. The summed E-state index contributed by atoms with van der Waals surface area (Å²) in [5.74, 6) is 3.48. The summed E-state index contributed by atoms with van der Waals surface area (Å²) in [6, 6.07) is 4.31. The van der Waals surface area contributed by atoms with E-state index in [2.05, 4.69) is 12.2 Å². The molecule has 1 aromatic carbocycles. The average Bonchev–Trinajstić information content (AvgIpc) is 2.84. The minimum absolute atomic E-state index is 0.384. The van der Waals surface area contributed by atoms with E-state index >= 15 is 0 Å². The van der Waals surface area contributed by atoms with Crippen molar-refractivity contribution >= 4 is 0 Å². The van der Waals surface area contributed by atoms with E-state index in [0.29, 0.717) is 6.04 Å². The first kappa shape index (κ1) is 13.7. The number of benzene rings is 1. The summed E-state index contributed by atoms with van der Waals surface area (Å²) in [4.78, 5) is 0. The minimum Gasteiger partial charge on any atom is -0.314 e. The molecule has 0 aliphatic heterocycles. The highest BCUT2D eigenvalue weighted by atomic mass is 19.1. The lowest BCUT2D eigenvalue weighted by atomic mass is 9.93. The molecular weight excluding hydrogens is 268 g/mol. The van der Waals surface area contributed by atoms with Crippen LogP contribution < -0.4 is 5.32 Å². The van der Waals surface area contributed by atoms with E-state index in [9.17, 15) is 8.78 Å². The molecule has 1 N–H and O–H groups in total. The van der Waals surface area contributed by atoms with Crippen molar-refractivity contribution in [3.8, 4) is 0 Å². The van der Waals surface area contributed by atoms with E-state index in [4.69, 9.17) is 0 Å². The Morgan fingerprint density at radius 3 is 2.29 bits per heavy atom. The van der Waals surface area contributed by atoms with Crippen LogP contribution in [-0.4, -0.2) is 12.6 Å². The van der Waals surface area contributed by atoms with Crippen LogP contribution in [-0.2, 0) is 6.42 Å². The summed E-state index contributed by atoms with van der Waals surface area (Å²) in [6.07, 6.45) is 5.02. The van der Waals surface area contributed by atoms with Gasteiger partial charge >= 0.3 is 0 Å². The summed E-state index contributed by atoms with van der Waals surface area (Å²) in [5.41, 5.74) is 0.788. The predicted molar refractivity (Wildman–Crippen MR) is 78.8 cm³/mol. The van der Waals surface area contributed by atoms with Gasteiger partial charge in [0.15, 0.2) is 0 Å². The third-order valence-corrected chi connectivity index (χ3v) is 6.10. The fraction of sp³-hybridized carbons (Fsp3) is 0.667. The lowest BCUT2D eigenvalue weighted by molar-refractivity contribution is 0.365. The van der Waals surface area contributed by atoms with Gasteiger partial charge in [0.05, 0.1) is 0 Å². The number of likely N-dealkylation sites (N-methyl/N-ethyl adjacent to an activating group) is 1. The van der Waals surface area contributed by atoms with Crippen LogP contribution in [0.2, 0.25) is 0 Å². The van der Waals surface area contributed by atoms with Crippen LogP contribution in [0.3, 0.4) is 0 Å². The average molecular weight is 291 g/mol. The van der Waals surface area contributed by atoms with Gasteiger partial charge in [-0.3, -0.25) is 0 Å². The molecule has 3 heteroatoms. The van der Waals surface area contributed by atoms with Crippen molar-refractivity contribution in [3.05, 3.63) is 35.4 Å². The smallest absolute Gasteiger partial charge is 0.126 e. The number of fused-ring (bicyclic) bond motifs is 5. The van der Waals surface area contributed by atoms with Crippen LogP contribution in [0.5, 0.6) is 0 Å². The van der Waals surface area contributed by atoms with Gasteiger partial charge in [0.2, 0.25) is 0 Å². The van der Waals surface area contributed by atoms with Crippen molar-refractivity contribution < 1.29 is 8.78 Å². The fourth-order valence-electron chi connectivity index (χ4n) is 5.52. The molecule has 1 aromatic rings. The summed E-state index contributed by atoms with van der Waals surface area (Å²) in [6.45, 7) is 3.04. The van der Waals surface area contributed by atoms with Crippen LogP contribution in [0.4, 0.5) is 8.78 Å². The Morgan fingerprint density at radius 2 is 1.71 bits per heavy atom. The zero-order chi connectivity index (χ0) is 14.6. The van der Waals surface area contributed by atoms with Crippen molar-refractivity contribution in [2.24, 2.45) is 29.6 Å². The maximum absolute atomic E-state index is 13.4. The topological polar surface area (TPSA) is 12.0 Å². The zero-order valence-corrected chi connectivity index (χ0v) is 12.5. The van der Waals surface area contributed by atoms with Crippen molar-refractivity contribution in [1.82, 2.24) is 5.32 Å². The first-order valence-corrected chi connectivity index (χ1v) is 8.35. The van der Waals surface area contributed by atoms with Crippen LogP contribution in [0.25, 0.3) is 0 Å². The predicted octanol–water partition coefficient (Wildman–Crippen LogP) is 3.78. The molecule has 0 radical (unpaired) electrons. The minimum atomic E-state index is -0.462. The van der Waals surface area contributed by atoms with Gasteiger partial charge < -0.3 is 5.32 Å². The second-order valence-electron chi connectivity index (χ2n) is 7.21. The molecule has 3 aliphatic rings. The Bertz CT molecular complexity index is 508. The Labute approximate surface area is 125 Å². The van der Waals surface area contributed by atoms with Gasteiger partial charge in [-0.2, -0.15) is 0 Å². The maximum Gasteiger partial charge on any atom is 0.126 e. The normalized spacial score (nSPS) is 37.6. The molecule has 3 fully saturated rings. The molecule has 3 aliphatic carbocycles. The van der Waals surface area contributed by atoms with Gasteiger partial charge in [-0.05, 0) is 79.5 Å². The molecule has 4 rings (SSSR count). The van der Waals surface area contributed by atoms with E-state index in [0.717, 1.165) is 54.2 Å². The summed E-state index contributed by atoms with van der Waals surface area (Å²) >= 11 is 0. The van der Waals surface area contributed by atoms with Gasteiger partial charge in [-0.25, -0.2) is 8.78 Å². The van der Waals surface area contributed by atoms with Gasteiger partial charge in [0.1, 0.15) is 11.6 Å². The highest BCUT2D eigenvalue weighted by Gasteiger charge is 2.66. The van der Waals surface area contributed by atoms with E-state index in [1.807, 2.05) is 0 Å². The lowest BCUT2D eigenvalue weighted by Crippen LogP contribution is -2.35. The summed E-state index contributed by atoms with van der Waals surface area (Å²) in [5, 5.41) is 3.58. The molecule has 5 atom stereocenters. The lowest BCUT2D eigenvalue weighted by Gasteiger charge is -2.21.